The first-order chi connectivity index (χ1) is 15.7. The average molecular weight is 465 g/mol. The third kappa shape index (κ3) is 3.31. The standard InChI is InChI=1S/C25H31F3N2O3/c1-32-18-5-4-17-10-20-24-7-6-22(15-33-24,29-21(31)12-25(26,27)28)14-23(24,19(17)11-18)8-9-30(20)13-16-2-3-16/h4-5,11,16,20H,2-3,6-10,12-15H2,1H3,(H,29,31)/t20-,22+,23-,24-/m1/s1. The Bertz CT molecular complexity index is 968. The molecule has 0 radical (unpaired) electrons. The minimum Gasteiger partial charge on any atom is -0.497 e. The van der Waals surface area contributed by atoms with Crippen molar-refractivity contribution in [2.75, 3.05) is 26.8 Å². The zero-order chi connectivity index (χ0) is 23.1. The molecule has 4 bridgehead atoms. The molecule has 1 aromatic rings. The van der Waals surface area contributed by atoms with Crippen LogP contribution in [0.15, 0.2) is 18.2 Å². The van der Waals surface area contributed by atoms with Crippen LogP contribution < -0.4 is 10.1 Å². The summed E-state index contributed by atoms with van der Waals surface area (Å²) in [4.78, 5) is 15.0. The van der Waals surface area contributed by atoms with E-state index in [2.05, 4.69) is 22.3 Å². The number of ether oxygens (including phenoxy) is 2. The zero-order valence-electron chi connectivity index (χ0n) is 19.0. The van der Waals surface area contributed by atoms with E-state index in [0.29, 0.717) is 12.8 Å². The van der Waals surface area contributed by atoms with Gasteiger partial charge in [0.15, 0.2) is 0 Å². The van der Waals surface area contributed by atoms with Gasteiger partial charge in [0.25, 0.3) is 0 Å². The van der Waals surface area contributed by atoms with Crippen molar-refractivity contribution in [2.45, 2.75) is 80.1 Å². The van der Waals surface area contributed by atoms with Gasteiger partial charge in [0, 0.05) is 18.0 Å². The number of carbonyl (C=O) groups excluding carboxylic acids is 1. The van der Waals surface area contributed by atoms with Crippen LogP contribution in [0.4, 0.5) is 13.2 Å². The van der Waals surface area contributed by atoms with Gasteiger partial charge in [0.1, 0.15) is 12.2 Å². The molecular weight excluding hydrogens is 433 g/mol. The molecule has 5 nitrogen and oxygen atoms in total. The topological polar surface area (TPSA) is 50.8 Å². The van der Waals surface area contributed by atoms with Crippen molar-refractivity contribution < 1.29 is 27.4 Å². The number of amides is 1. The largest absolute Gasteiger partial charge is 0.497 e. The highest BCUT2D eigenvalue weighted by Crippen LogP contribution is 2.65. The molecule has 0 aromatic heterocycles. The first-order valence-corrected chi connectivity index (χ1v) is 12.1. The summed E-state index contributed by atoms with van der Waals surface area (Å²) in [6.07, 6.45) is 0.458. The molecule has 1 N–H and O–H groups in total. The smallest absolute Gasteiger partial charge is 0.397 e. The van der Waals surface area contributed by atoms with Crippen LogP contribution in [0.2, 0.25) is 0 Å². The average Bonchev–Trinajstić information content (AvgIpc) is 3.58. The number of methoxy groups -OCH3 is 1. The van der Waals surface area contributed by atoms with Crippen LogP contribution in [0.1, 0.15) is 56.1 Å². The lowest BCUT2D eigenvalue weighted by molar-refractivity contribution is -0.263. The Labute approximate surface area is 192 Å². The Hall–Kier alpha value is -1.80. The molecule has 4 atom stereocenters. The van der Waals surface area contributed by atoms with Crippen molar-refractivity contribution in [1.29, 1.82) is 0 Å². The van der Waals surface area contributed by atoms with Crippen molar-refractivity contribution in [3.63, 3.8) is 0 Å². The molecule has 8 heteroatoms. The Morgan fingerprint density at radius 3 is 2.76 bits per heavy atom. The second-order valence-electron chi connectivity index (χ2n) is 11.0. The van der Waals surface area contributed by atoms with Crippen LogP contribution in [0.25, 0.3) is 0 Å². The second-order valence-corrected chi connectivity index (χ2v) is 11.0. The number of halogens is 3. The van der Waals surface area contributed by atoms with Crippen molar-refractivity contribution in [3.8, 4) is 5.75 Å². The number of hydrogen-bond acceptors (Lipinski definition) is 4. The van der Waals surface area contributed by atoms with Gasteiger partial charge in [0.05, 0.1) is 24.9 Å². The van der Waals surface area contributed by atoms with Gasteiger partial charge < -0.3 is 14.8 Å². The van der Waals surface area contributed by atoms with Gasteiger partial charge in [-0.05, 0) is 80.7 Å². The highest BCUT2D eigenvalue weighted by atomic mass is 19.4. The highest BCUT2D eigenvalue weighted by molar-refractivity contribution is 5.77. The first-order valence-electron chi connectivity index (χ1n) is 12.1. The fraction of sp³-hybridized carbons (Fsp3) is 0.720. The third-order valence-electron chi connectivity index (χ3n) is 9.04. The number of piperidine rings is 1. The van der Waals surface area contributed by atoms with Crippen molar-refractivity contribution in [1.82, 2.24) is 10.2 Å². The molecule has 3 aliphatic carbocycles. The molecule has 0 unspecified atom stereocenters. The zero-order valence-corrected chi connectivity index (χ0v) is 19.0. The third-order valence-corrected chi connectivity index (χ3v) is 9.04. The molecular formula is C25H31F3N2O3. The summed E-state index contributed by atoms with van der Waals surface area (Å²) in [7, 11) is 1.65. The minimum atomic E-state index is -4.52. The van der Waals surface area contributed by atoms with Crippen LogP contribution in [0, 0.1) is 5.92 Å². The van der Waals surface area contributed by atoms with E-state index in [4.69, 9.17) is 9.47 Å². The number of likely N-dealkylation sites (tertiary alicyclic amines) is 1. The predicted molar refractivity (Wildman–Crippen MR) is 115 cm³/mol. The monoisotopic (exact) mass is 464 g/mol. The quantitative estimate of drug-likeness (QED) is 0.722. The lowest BCUT2D eigenvalue weighted by Crippen LogP contribution is -2.81. The minimum absolute atomic E-state index is 0.261. The number of nitrogens with one attached hydrogen (secondary N) is 1. The summed E-state index contributed by atoms with van der Waals surface area (Å²) in [5, 5.41) is 2.79. The van der Waals surface area contributed by atoms with E-state index in [-0.39, 0.29) is 23.7 Å². The first kappa shape index (κ1) is 21.7. The van der Waals surface area contributed by atoms with Crippen molar-refractivity contribution in [2.24, 2.45) is 5.92 Å². The maximum atomic E-state index is 12.9. The molecule has 3 aliphatic heterocycles. The summed E-state index contributed by atoms with van der Waals surface area (Å²) in [6.45, 7) is 2.34. The molecule has 1 spiro atoms. The van der Waals surface area contributed by atoms with Crippen LogP contribution in [0.5, 0.6) is 5.75 Å². The van der Waals surface area contributed by atoms with Gasteiger partial charge in [-0.2, -0.15) is 13.2 Å². The fourth-order valence-electron chi connectivity index (χ4n) is 7.53. The lowest BCUT2D eigenvalue weighted by Gasteiger charge is -2.71. The molecule has 33 heavy (non-hydrogen) atoms. The van der Waals surface area contributed by atoms with Crippen LogP contribution in [-0.2, 0) is 21.4 Å². The highest BCUT2D eigenvalue weighted by Gasteiger charge is 2.71. The van der Waals surface area contributed by atoms with E-state index in [0.717, 1.165) is 44.0 Å². The number of alkyl halides is 3. The Morgan fingerprint density at radius 1 is 1.27 bits per heavy atom. The van der Waals surface area contributed by atoms with Crippen LogP contribution in [0.3, 0.4) is 0 Å². The maximum Gasteiger partial charge on any atom is 0.397 e. The number of fused-ring (bicyclic) bond motifs is 3. The molecule has 3 saturated heterocycles. The van der Waals surface area contributed by atoms with E-state index >= 15 is 0 Å². The molecule has 6 aliphatic rings. The predicted octanol–water partition coefficient (Wildman–Crippen LogP) is 3.73. The molecule has 1 aromatic carbocycles. The van der Waals surface area contributed by atoms with Crippen LogP contribution >= 0.6 is 0 Å². The fourth-order valence-corrected chi connectivity index (χ4v) is 7.53. The van der Waals surface area contributed by atoms with E-state index in [1.54, 1.807) is 7.11 Å². The van der Waals surface area contributed by atoms with Gasteiger partial charge in [-0.1, -0.05) is 6.07 Å². The number of nitrogens with zero attached hydrogens (tertiary/aromatic N) is 1. The van der Waals surface area contributed by atoms with E-state index in [1.165, 1.54) is 24.0 Å². The van der Waals surface area contributed by atoms with Gasteiger partial charge >= 0.3 is 6.18 Å². The molecule has 1 amide bonds. The van der Waals surface area contributed by atoms with Gasteiger partial charge in [-0.25, -0.2) is 0 Å². The molecule has 3 heterocycles. The summed E-state index contributed by atoms with van der Waals surface area (Å²) in [5.41, 5.74) is 1.03. The molecule has 2 saturated carbocycles. The Kier molecular flexibility index (Phi) is 4.68. The lowest BCUT2D eigenvalue weighted by atomic mass is 9.45. The second kappa shape index (κ2) is 7.11. The number of rotatable bonds is 5. The van der Waals surface area contributed by atoms with Crippen LogP contribution in [-0.4, -0.2) is 61.0 Å². The number of benzene rings is 1. The molecule has 7 rings (SSSR count). The Morgan fingerprint density at radius 2 is 2.09 bits per heavy atom. The summed E-state index contributed by atoms with van der Waals surface area (Å²) in [5.74, 6) is 0.606. The Balaban J connectivity index is 1.40. The van der Waals surface area contributed by atoms with Crippen molar-refractivity contribution >= 4 is 5.91 Å². The summed E-state index contributed by atoms with van der Waals surface area (Å²) >= 11 is 0. The van der Waals surface area contributed by atoms with E-state index < -0.39 is 24.0 Å². The number of carbonyl (C=O) groups is 1. The van der Waals surface area contributed by atoms with Gasteiger partial charge in [-0.15, -0.1) is 0 Å². The van der Waals surface area contributed by atoms with Crippen molar-refractivity contribution in [3.05, 3.63) is 29.3 Å². The van der Waals surface area contributed by atoms with E-state index in [9.17, 15) is 18.0 Å². The SMILES string of the molecule is COc1ccc2c(c1)[C@]13CCN(CC4CC4)[C@H](C2)[C@]12CC[C@@](NC(=O)CC(F)(F)F)(CO2)C3. The molecule has 5 fully saturated rings. The summed E-state index contributed by atoms with van der Waals surface area (Å²) in [6, 6.07) is 6.51. The number of hydrogen-bond donors (Lipinski definition) is 1. The normalized spacial score (nSPS) is 37.3. The maximum absolute atomic E-state index is 12.9. The molecule has 180 valence electrons. The van der Waals surface area contributed by atoms with Gasteiger partial charge in [-0.3, -0.25) is 9.69 Å². The van der Waals surface area contributed by atoms with Gasteiger partial charge in [0.2, 0.25) is 5.91 Å². The van der Waals surface area contributed by atoms with E-state index in [1.807, 2.05) is 6.07 Å². The summed E-state index contributed by atoms with van der Waals surface area (Å²) < 4.78 is 51.0.